The molecular weight excluding hydrogens is 348 g/mol. The summed E-state index contributed by atoms with van der Waals surface area (Å²) in [5.41, 5.74) is 0.677. The average Bonchev–Trinajstić information content (AvgIpc) is 2.69. The molecule has 0 bridgehead atoms. The number of hydrogen-bond donors (Lipinski definition) is 1. The summed E-state index contributed by atoms with van der Waals surface area (Å²) in [4.78, 5) is 2.20. The number of ether oxygens (including phenoxy) is 1. The van der Waals surface area contributed by atoms with Crippen LogP contribution in [0.3, 0.4) is 0 Å². The van der Waals surface area contributed by atoms with Gasteiger partial charge in [0.15, 0.2) is 0 Å². The molecule has 0 aromatic heterocycles. The van der Waals surface area contributed by atoms with Gasteiger partial charge in [-0.05, 0) is 42.7 Å². The van der Waals surface area contributed by atoms with Crippen LogP contribution in [0.15, 0.2) is 54.6 Å². The molecule has 0 amide bonds. The topological polar surface area (TPSA) is 56.5 Å². The second-order valence-corrected chi connectivity index (χ2v) is 7.22. The highest BCUT2D eigenvalue weighted by atomic mass is 35.5. The molecule has 0 unspecified atom stereocenters. The number of piperidine rings is 1. The smallest absolute Gasteiger partial charge is 0.119 e. The van der Waals surface area contributed by atoms with Gasteiger partial charge in [-0.2, -0.15) is 5.26 Å². The van der Waals surface area contributed by atoms with Gasteiger partial charge in [0.05, 0.1) is 11.5 Å². The maximum atomic E-state index is 10.3. The zero-order chi connectivity index (χ0) is 18.4. The van der Waals surface area contributed by atoms with Crippen molar-refractivity contribution in [3.05, 3.63) is 65.2 Å². The third-order valence-electron chi connectivity index (χ3n) is 4.97. The minimum atomic E-state index is -0.572. The highest BCUT2D eigenvalue weighted by Gasteiger charge is 2.36. The standard InChI is InChI=1S/C21H23ClN2O2/c22-18-6-8-20(9-7-18)26-15-19(25)14-24-12-10-21(16-23,11-13-24)17-4-2-1-3-5-17/h1-9,19,25H,10-15H2/t19-/m1/s1. The van der Waals surface area contributed by atoms with Crippen LogP contribution in [0.4, 0.5) is 0 Å². The predicted octanol–water partition coefficient (Wildman–Crippen LogP) is 3.64. The molecule has 26 heavy (non-hydrogen) atoms. The Labute approximate surface area is 159 Å². The van der Waals surface area contributed by atoms with E-state index in [0.29, 0.717) is 17.3 Å². The summed E-state index contributed by atoms with van der Waals surface area (Å²) in [5.74, 6) is 0.694. The highest BCUT2D eigenvalue weighted by Crippen LogP contribution is 2.34. The fraction of sp³-hybridized carbons (Fsp3) is 0.381. The number of hydrogen-bond acceptors (Lipinski definition) is 4. The SMILES string of the molecule is N#CC1(c2ccccc2)CCN(C[C@@H](O)COc2ccc(Cl)cc2)CC1. The van der Waals surface area contributed by atoms with Crippen LogP contribution in [-0.4, -0.2) is 42.4 Å². The fourth-order valence-electron chi connectivity index (χ4n) is 3.41. The summed E-state index contributed by atoms with van der Waals surface area (Å²) in [5, 5.41) is 20.7. The van der Waals surface area contributed by atoms with Crippen molar-refractivity contribution in [1.29, 1.82) is 5.26 Å². The molecule has 3 rings (SSSR count). The largest absolute Gasteiger partial charge is 0.491 e. The lowest BCUT2D eigenvalue weighted by Gasteiger charge is -2.38. The van der Waals surface area contributed by atoms with E-state index in [1.807, 2.05) is 30.3 Å². The van der Waals surface area contributed by atoms with Gasteiger partial charge in [0.2, 0.25) is 0 Å². The van der Waals surface area contributed by atoms with E-state index < -0.39 is 11.5 Å². The second-order valence-electron chi connectivity index (χ2n) is 6.78. The summed E-state index contributed by atoms with van der Waals surface area (Å²) in [6, 6.07) is 19.7. The zero-order valence-corrected chi connectivity index (χ0v) is 15.4. The molecule has 1 saturated heterocycles. The van der Waals surface area contributed by atoms with Crippen molar-refractivity contribution in [1.82, 2.24) is 4.90 Å². The van der Waals surface area contributed by atoms with E-state index in [2.05, 4.69) is 11.0 Å². The van der Waals surface area contributed by atoms with Crippen LogP contribution in [0.25, 0.3) is 0 Å². The number of halogens is 1. The first-order chi connectivity index (χ1) is 12.6. The van der Waals surface area contributed by atoms with Crippen molar-refractivity contribution in [2.75, 3.05) is 26.2 Å². The van der Waals surface area contributed by atoms with Gasteiger partial charge in [-0.1, -0.05) is 41.9 Å². The molecule has 2 aromatic rings. The molecule has 0 aliphatic carbocycles. The van der Waals surface area contributed by atoms with E-state index in [9.17, 15) is 10.4 Å². The lowest BCUT2D eigenvalue weighted by Crippen LogP contribution is -2.45. The van der Waals surface area contributed by atoms with Gasteiger partial charge in [-0.3, -0.25) is 0 Å². The number of likely N-dealkylation sites (tertiary alicyclic amines) is 1. The Balaban J connectivity index is 1.49. The zero-order valence-electron chi connectivity index (χ0n) is 14.6. The molecule has 1 aliphatic heterocycles. The molecule has 2 aromatic carbocycles. The van der Waals surface area contributed by atoms with Crippen LogP contribution in [0.2, 0.25) is 5.02 Å². The maximum absolute atomic E-state index is 10.3. The normalized spacial score (nSPS) is 18.0. The van der Waals surface area contributed by atoms with Crippen molar-refractivity contribution < 1.29 is 9.84 Å². The van der Waals surface area contributed by atoms with Crippen LogP contribution >= 0.6 is 11.6 Å². The van der Waals surface area contributed by atoms with E-state index in [0.717, 1.165) is 31.5 Å². The summed E-state index contributed by atoms with van der Waals surface area (Å²) < 4.78 is 5.61. The molecule has 4 nitrogen and oxygen atoms in total. The van der Waals surface area contributed by atoms with Crippen molar-refractivity contribution >= 4 is 11.6 Å². The lowest BCUT2D eigenvalue weighted by molar-refractivity contribution is 0.0553. The lowest BCUT2D eigenvalue weighted by atomic mass is 9.74. The van der Waals surface area contributed by atoms with Gasteiger partial charge >= 0.3 is 0 Å². The first kappa shape index (κ1) is 18.7. The molecule has 0 radical (unpaired) electrons. The van der Waals surface area contributed by atoms with E-state index in [1.54, 1.807) is 24.3 Å². The van der Waals surface area contributed by atoms with Gasteiger partial charge in [0, 0.05) is 24.7 Å². The Morgan fingerprint density at radius 2 is 1.77 bits per heavy atom. The predicted molar refractivity (Wildman–Crippen MR) is 102 cm³/mol. The summed E-state index contributed by atoms with van der Waals surface area (Å²) in [6.45, 7) is 2.37. The van der Waals surface area contributed by atoms with Crippen LogP contribution < -0.4 is 4.74 Å². The minimum Gasteiger partial charge on any atom is -0.491 e. The van der Waals surface area contributed by atoms with Crippen molar-refractivity contribution in [3.63, 3.8) is 0 Å². The molecule has 5 heteroatoms. The van der Waals surface area contributed by atoms with E-state index in [1.165, 1.54) is 0 Å². The van der Waals surface area contributed by atoms with Crippen LogP contribution in [-0.2, 0) is 5.41 Å². The molecule has 1 aliphatic rings. The quantitative estimate of drug-likeness (QED) is 0.843. The van der Waals surface area contributed by atoms with Gasteiger partial charge in [-0.15, -0.1) is 0 Å². The molecule has 1 fully saturated rings. The van der Waals surface area contributed by atoms with E-state index >= 15 is 0 Å². The molecule has 136 valence electrons. The Kier molecular flexibility index (Phi) is 6.16. The van der Waals surface area contributed by atoms with Crippen LogP contribution in [0, 0.1) is 11.3 Å². The number of rotatable bonds is 6. The second kappa shape index (κ2) is 8.55. The number of nitriles is 1. The minimum absolute atomic E-state index is 0.236. The fourth-order valence-corrected chi connectivity index (χ4v) is 3.54. The molecule has 1 heterocycles. The number of nitrogens with zero attached hydrogens (tertiary/aromatic N) is 2. The van der Waals surface area contributed by atoms with Gasteiger partial charge < -0.3 is 14.7 Å². The monoisotopic (exact) mass is 370 g/mol. The van der Waals surface area contributed by atoms with Crippen molar-refractivity contribution in [2.45, 2.75) is 24.4 Å². The average molecular weight is 371 g/mol. The van der Waals surface area contributed by atoms with Crippen LogP contribution in [0.5, 0.6) is 5.75 Å². The number of benzene rings is 2. The Bertz CT molecular complexity index is 735. The maximum Gasteiger partial charge on any atom is 0.119 e. The first-order valence-corrected chi connectivity index (χ1v) is 9.25. The third kappa shape index (κ3) is 4.56. The molecule has 1 N–H and O–H groups in total. The van der Waals surface area contributed by atoms with Crippen molar-refractivity contribution in [3.8, 4) is 11.8 Å². The first-order valence-electron chi connectivity index (χ1n) is 8.87. The summed E-state index contributed by atoms with van der Waals surface area (Å²) >= 11 is 5.85. The van der Waals surface area contributed by atoms with Crippen LogP contribution in [0.1, 0.15) is 18.4 Å². The van der Waals surface area contributed by atoms with Gasteiger partial charge in [-0.25, -0.2) is 0 Å². The Morgan fingerprint density at radius 3 is 2.38 bits per heavy atom. The molecule has 0 spiro atoms. The highest BCUT2D eigenvalue weighted by molar-refractivity contribution is 6.30. The molecule has 0 saturated carbocycles. The van der Waals surface area contributed by atoms with Crippen molar-refractivity contribution in [2.24, 2.45) is 0 Å². The van der Waals surface area contributed by atoms with E-state index in [4.69, 9.17) is 16.3 Å². The van der Waals surface area contributed by atoms with Gasteiger partial charge in [0.25, 0.3) is 0 Å². The van der Waals surface area contributed by atoms with Gasteiger partial charge in [0.1, 0.15) is 18.5 Å². The Morgan fingerprint density at radius 1 is 1.12 bits per heavy atom. The molecule has 1 atom stereocenters. The third-order valence-corrected chi connectivity index (χ3v) is 5.23. The summed E-state index contributed by atoms with van der Waals surface area (Å²) in [7, 11) is 0. The van der Waals surface area contributed by atoms with E-state index in [-0.39, 0.29) is 6.61 Å². The number of aliphatic hydroxyl groups excluding tert-OH is 1. The Hall–Kier alpha value is -2.06. The summed E-state index contributed by atoms with van der Waals surface area (Å²) in [6.07, 6.45) is 0.980. The molecular formula is C21H23ClN2O2. The number of β-amino-alcohol motifs (C(OH)–C–C–N with tert-alkyl or cyclic N) is 1. The number of aliphatic hydroxyl groups is 1.